The van der Waals surface area contributed by atoms with Crippen LogP contribution in [0.25, 0.3) is 0 Å². The molecular weight excluding hydrogens is 305 g/mol. The lowest BCUT2D eigenvalue weighted by Crippen LogP contribution is -2.07. The minimum atomic E-state index is -3.90. The maximum atomic E-state index is 12.6. The lowest BCUT2D eigenvalue weighted by molar-refractivity contribution is 0.215. The van der Waals surface area contributed by atoms with Crippen molar-refractivity contribution in [3.63, 3.8) is 0 Å². The van der Waals surface area contributed by atoms with E-state index in [-0.39, 0.29) is 10.0 Å². The summed E-state index contributed by atoms with van der Waals surface area (Å²) in [7, 11) is -2.59. The van der Waals surface area contributed by atoms with Crippen molar-refractivity contribution in [1.82, 2.24) is 4.98 Å². The summed E-state index contributed by atoms with van der Waals surface area (Å²) in [5, 5.41) is 4.79. The highest BCUT2D eigenvalue weighted by Crippen LogP contribution is 2.20. The van der Waals surface area contributed by atoms with E-state index in [0.717, 1.165) is 11.3 Å². The summed E-state index contributed by atoms with van der Waals surface area (Å²) in [6.07, 6.45) is -2.20. The van der Waals surface area contributed by atoms with Gasteiger partial charge in [-0.2, -0.15) is 8.78 Å². The SMILES string of the molecule is CO/N=C/c1csc(S(=O)(=O)CCC(F)=C(F)F)n1. The Balaban J connectivity index is 2.81. The van der Waals surface area contributed by atoms with Crippen LogP contribution < -0.4 is 0 Å². The molecular formula is C9H9F3N2O3S2. The van der Waals surface area contributed by atoms with Crippen molar-refractivity contribution in [3.8, 4) is 0 Å². The number of allylic oxidation sites excluding steroid dienone is 1. The van der Waals surface area contributed by atoms with E-state index in [1.807, 2.05) is 0 Å². The molecule has 0 aliphatic heterocycles. The van der Waals surface area contributed by atoms with E-state index in [9.17, 15) is 21.6 Å². The molecule has 19 heavy (non-hydrogen) atoms. The molecule has 1 rings (SSSR count). The number of hydrogen-bond acceptors (Lipinski definition) is 6. The van der Waals surface area contributed by atoms with Crippen molar-refractivity contribution in [1.29, 1.82) is 0 Å². The molecule has 0 aromatic carbocycles. The van der Waals surface area contributed by atoms with Crippen molar-refractivity contribution < 1.29 is 26.4 Å². The first-order valence-electron chi connectivity index (χ1n) is 4.81. The number of thiazole rings is 1. The number of aromatic nitrogens is 1. The lowest BCUT2D eigenvalue weighted by Gasteiger charge is -1.98. The van der Waals surface area contributed by atoms with Crippen LogP contribution in [-0.2, 0) is 14.7 Å². The summed E-state index contributed by atoms with van der Waals surface area (Å²) in [6, 6.07) is 0. The van der Waals surface area contributed by atoms with Crippen molar-refractivity contribution in [3.05, 3.63) is 23.0 Å². The number of hydrogen-bond donors (Lipinski definition) is 0. The molecule has 0 bridgehead atoms. The molecule has 1 aromatic heterocycles. The zero-order chi connectivity index (χ0) is 14.5. The van der Waals surface area contributed by atoms with E-state index in [4.69, 9.17) is 0 Å². The van der Waals surface area contributed by atoms with Crippen molar-refractivity contribution in [2.75, 3.05) is 12.9 Å². The van der Waals surface area contributed by atoms with Crippen LogP contribution in [0.5, 0.6) is 0 Å². The number of nitrogens with zero attached hydrogens (tertiary/aromatic N) is 2. The molecule has 0 spiro atoms. The van der Waals surface area contributed by atoms with Gasteiger partial charge in [0.05, 0.1) is 17.7 Å². The van der Waals surface area contributed by atoms with Gasteiger partial charge in [0.15, 0.2) is 5.83 Å². The number of oxime groups is 1. The summed E-state index contributed by atoms with van der Waals surface area (Å²) >= 11 is 0.795. The molecule has 0 amide bonds. The van der Waals surface area contributed by atoms with E-state index in [2.05, 4.69) is 15.0 Å². The average molecular weight is 314 g/mol. The van der Waals surface area contributed by atoms with Gasteiger partial charge in [0, 0.05) is 11.8 Å². The van der Waals surface area contributed by atoms with Crippen LogP contribution >= 0.6 is 11.3 Å². The average Bonchev–Trinajstić information content (AvgIpc) is 2.82. The number of halogens is 3. The highest BCUT2D eigenvalue weighted by atomic mass is 32.2. The van der Waals surface area contributed by atoms with Gasteiger partial charge in [0.25, 0.3) is 0 Å². The summed E-state index contributed by atoms with van der Waals surface area (Å²) in [5.41, 5.74) is 0.248. The molecule has 0 aliphatic rings. The largest absolute Gasteiger partial charge is 0.399 e. The normalized spacial score (nSPS) is 11.8. The summed E-state index contributed by atoms with van der Waals surface area (Å²) in [6.45, 7) is 0. The van der Waals surface area contributed by atoms with Gasteiger partial charge in [0.2, 0.25) is 14.2 Å². The molecule has 0 saturated heterocycles. The third-order valence-electron chi connectivity index (χ3n) is 1.85. The van der Waals surface area contributed by atoms with Crippen LogP contribution in [-0.4, -0.2) is 32.5 Å². The molecule has 0 saturated carbocycles. The fourth-order valence-electron chi connectivity index (χ4n) is 0.984. The Kier molecular flexibility index (Phi) is 5.48. The first-order chi connectivity index (χ1) is 8.86. The second-order valence-corrected chi connectivity index (χ2v) is 6.33. The highest BCUT2D eigenvalue weighted by molar-refractivity contribution is 7.93. The fourth-order valence-corrected chi connectivity index (χ4v) is 3.32. The van der Waals surface area contributed by atoms with Crippen LogP contribution in [0.15, 0.2) is 26.8 Å². The number of sulfone groups is 1. The molecule has 0 N–H and O–H groups in total. The molecule has 106 valence electrons. The van der Waals surface area contributed by atoms with Crippen LogP contribution in [0, 0.1) is 0 Å². The predicted molar refractivity (Wildman–Crippen MR) is 63.7 cm³/mol. The van der Waals surface area contributed by atoms with E-state index in [1.54, 1.807) is 0 Å². The Hall–Kier alpha value is -1.42. The van der Waals surface area contributed by atoms with Crippen LogP contribution in [0.2, 0.25) is 0 Å². The maximum Gasteiger partial charge on any atom is 0.301 e. The van der Waals surface area contributed by atoms with Gasteiger partial charge in [-0.15, -0.1) is 11.3 Å². The van der Waals surface area contributed by atoms with Gasteiger partial charge < -0.3 is 4.84 Å². The molecule has 0 atom stereocenters. The van der Waals surface area contributed by atoms with Gasteiger partial charge in [-0.25, -0.2) is 17.8 Å². The lowest BCUT2D eigenvalue weighted by atomic mass is 10.4. The van der Waals surface area contributed by atoms with Gasteiger partial charge >= 0.3 is 6.08 Å². The third kappa shape index (κ3) is 4.63. The monoisotopic (exact) mass is 314 g/mol. The quantitative estimate of drug-likeness (QED) is 0.597. The van der Waals surface area contributed by atoms with E-state index >= 15 is 0 Å². The summed E-state index contributed by atoms with van der Waals surface area (Å²) in [4.78, 5) is 8.11. The summed E-state index contributed by atoms with van der Waals surface area (Å²) in [5.74, 6) is -2.51. The standard InChI is InChI=1S/C9H9F3N2O3S2/c1-17-13-4-6-5-18-9(14-6)19(15,16)3-2-7(10)8(11)12/h4-5H,2-3H2,1H3/b13-4+. The van der Waals surface area contributed by atoms with Crippen molar-refractivity contribution >= 4 is 27.4 Å². The highest BCUT2D eigenvalue weighted by Gasteiger charge is 2.20. The van der Waals surface area contributed by atoms with E-state index in [1.165, 1.54) is 18.7 Å². The van der Waals surface area contributed by atoms with Gasteiger partial charge in [-0.3, -0.25) is 0 Å². The van der Waals surface area contributed by atoms with Crippen molar-refractivity contribution in [2.24, 2.45) is 5.16 Å². The van der Waals surface area contributed by atoms with Crippen LogP contribution in [0.3, 0.4) is 0 Å². The maximum absolute atomic E-state index is 12.6. The predicted octanol–water partition coefficient (Wildman–Crippen LogP) is 2.36. The molecule has 1 heterocycles. The second-order valence-electron chi connectivity index (χ2n) is 3.19. The summed E-state index contributed by atoms with van der Waals surface area (Å²) < 4.78 is 59.3. The van der Waals surface area contributed by atoms with Gasteiger partial charge in [-0.05, 0) is 0 Å². The van der Waals surface area contributed by atoms with Crippen LogP contribution in [0.4, 0.5) is 13.2 Å². The van der Waals surface area contributed by atoms with Crippen LogP contribution in [0.1, 0.15) is 12.1 Å². The second kappa shape index (κ2) is 6.66. The Morgan fingerprint density at radius 2 is 2.21 bits per heavy atom. The zero-order valence-corrected chi connectivity index (χ0v) is 11.3. The van der Waals surface area contributed by atoms with Crippen molar-refractivity contribution in [2.45, 2.75) is 10.8 Å². The molecule has 10 heteroatoms. The molecule has 5 nitrogen and oxygen atoms in total. The fraction of sp³-hybridized carbons (Fsp3) is 0.333. The first kappa shape index (κ1) is 15.6. The Morgan fingerprint density at radius 3 is 2.79 bits per heavy atom. The smallest absolute Gasteiger partial charge is 0.301 e. The van der Waals surface area contributed by atoms with Gasteiger partial charge in [-0.1, -0.05) is 5.16 Å². The molecule has 0 aliphatic carbocycles. The Bertz CT molecular complexity index is 592. The molecule has 0 radical (unpaired) electrons. The third-order valence-corrected chi connectivity index (χ3v) is 4.92. The molecule has 0 fully saturated rings. The topological polar surface area (TPSA) is 68.6 Å². The number of rotatable bonds is 6. The molecule has 1 aromatic rings. The van der Waals surface area contributed by atoms with E-state index < -0.39 is 33.9 Å². The minimum absolute atomic E-state index is 0.248. The zero-order valence-electron chi connectivity index (χ0n) is 9.64. The Labute approximate surface area is 111 Å². The minimum Gasteiger partial charge on any atom is -0.399 e. The Morgan fingerprint density at radius 1 is 1.53 bits per heavy atom. The molecule has 0 unspecified atom stereocenters. The van der Waals surface area contributed by atoms with E-state index in [0.29, 0.717) is 0 Å². The van der Waals surface area contributed by atoms with Gasteiger partial charge in [0.1, 0.15) is 7.11 Å². The first-order valence-corrected chi connectivity index (χ1v) is 7.34.